The zero-order valence-corrected chi connectivity index (χ0v) is 54.9. The molecule has 5 heterocycles. The lowest BCUT2D eigenvalue weighted by Gasteiger charge is -2.11. The van der Waals surface area contributed by atoms with Crippen molar-refractivity contribution in [3.05, 3.63) is 150 Å². The number of fused-ring (bicyclic) bond motifs is 5. The molecule has 0 saturated heterocycles. The number of aryl methyl sites for hydroxylation is 5. The van der Waals surface area contributed by atoms with Gasteiger partial charge in [-0.25, -0.2) is 22.8 Å². The minimum atomic E-state index is -4.89. The summed E-state index contributed by atoms with van der Waals surface area (Å²) in [5.74, 6) is -1.09. The molecule has 520 valence electrons. The second-order valence-electron chi connectivity index (χ2n) is 19.5. The van der Waals surface area contributed by atoms with Gasteiger partial charge in [0.05, 0.1) is 0 Å². The first-order valence-electron chi connectivity index (χ1n) is 40.4. The zero-order chi connectivity index (χ0) is 93.5. The Morgan fingerprint density at radius 1 is 0.337 bits per heavy atom. The fourth-order valence-corrected chi connectivity index (χ4v) is 10.3. The van der Waals surface area contributed by atoms with Gasteiger partial charge in [0.1, 0.15) is 28.7 Å². The van der Waals surface area contributed by atoms with Gasteiger partial charge in [0, 0.05) is 155 Å². The van der Waals surface area contributed by atoms with Gasteiger partial charge in [-0.3, -0.25) is 48.9 Å². The highest BCUT2D eigenvalue weighted by atomic mass is 31.2. The molecule has 5 aromatic heterocycles. The molecular formula is C60H85N10O20P5. The van der Waals surface area contributed by atoms with E-state index in [4.69, 9.17) is 85.9 Å². The molecule has 0 aliphatic carbocycles. The summed E-state index contributed by atoms with van der Waals surface area (Å²) in [7, 11) is -17.0. The van der Waals surface area contributed by atoms with Crippen molar-refractivity contribution in [2.75, 3.05) is 103 Å². The van der Waals surface area contributed by atoms with E-state index >= 15 is 0 Å². The smallest absolute Gasteiger partial charge is 0.404 e. The Kier molecular flexibility index (Phi) is 16.7. The molecule has 0 aliphatic heterocycles. The number of phosphoric acid groups is 5. The lowest BCUT2D eigenvalue weighted by atomic mass is 10.1. The second-order valence-corrected chi connectivity index (χ2v) is 25.4. The van der Waals surface area contributed by atoms with Crippen LogP contribution in [0.25, 0.3) is 54.5 Å². The highest BCUT2D eigenvalue weighted by molar-refractivity contribution is 7.47. The van der Waals surface area contributed by atoms with Crippen LogP contribution in [0.4, 0.5) is 0 Å². The van der Waals surface area contributed by atoms with Gasteiger partial charge in [0.25, 0.3) is 0 Å². The molecule has 5 unspecified atom stereocenters. The summed E-state index contributed by atoms with van der Waals surface area (Å²) in [6, 6.07) is 21.7. The molecular weight excluding hydrogens is 1340 g/mol. The summed E-state index contributed by atoms with van der Waals surface area (Å²) >= 11 is 0. The molecule has 5 atom stereocenters. The Bertz CT molecular complexity index is 5280. The van der Waals surface area contributed by atoms with E-state index in [2.05, 4.69) is 47.5 Å². The Hall–Kier alpha value is -6.65. The quantitative estimate of drug-likeness (QED) is 0.0238. The Morgan fingerprint density at radius 2 is 0.547 bits per heavy atom. The number of aromatic amines is 5. The largest absolute Gasteiger partial charge is 0.524 e. The predicted molar refractivity (Wildman–Crippen MR) is 366 cm³/mol. The average Bonchev–Trinajstić information content (AvgIpc) is 1.57. The molecule has 95 heavy (non-hydrogen) atoms. The predicted octanol–water partition coefficient (Wildman–Crippen LogP) is 8.72. The molecule has 5 aromatic carbocycles. The van der Waals surface area contributed by atoms with Crippen LogP contribution >= 0.6 is 39.1 Å². The molecule has 10 rings (SSSR count). The third-order valence-corrected chi connectivity index (χ3v) is 13.8. The summed E-state index contributed by atoms with van der Waals surface area (Å²) in [6.45, 7) is -21.6. The van der Waals surface area contributed by atoms with E-state index in [1.54, 1.807) is 24.3 Å². The SMILES string of the molecule is [2H]C(N(C)C([2H])([2H])[2H])C([2H])([2H])c1c[nH]c2cccc(OP(=O)(O)O)c12.[2H]C(N(C)C([2H])([2H])[2H])C([2H])([2H])c1c[nH]c2cccc(OP(=O)(O)O)c12.[2H]C(c1c[nH]c2cccc(OP(=O)(O)O)c12)C([2H])([2H])N(C)C.[2H]C(c1c[nH]c2cccc(OP(=O)(O)O)c12)C([2H])([2H])N(C)C([2H])([2H])[2H].[2H]C(c1c[nH]c2cccc(OP(=O)(O)O)c12)C([2H])([2H])N(C)C([2H])([2H])[2H]. The maximum Gasteiger partial charge on any atom is 0.524 e. The van der Waals surface area contributed by atoms with Gasteiger partial charge in [0.2, 0.25) is 0 Å². The lowest BCUT2D eigenvalue weighted by Crippen LogP contribution is -2.14. The third-order valence-electron chi connectivity index (χ3n) is 11.6. The van der Waals surface area contributed by atoms with E-state index in [0.29, 0.717) is 47.2 Å². The normalized spacial score (nSPS) is 19.4. The number of aromatic nitrogens is 5. The summed E-state index contributed by atoms with van der Waals surface area (Å²) in [6.07, 6.45) is -3.13. The maximum absolute atomic E-state index is 11.1. The topological polar surface area (TPSA) is 429 Å². The molecule has 0 saturated carbocycles. The van der Waals surface area contributed by atoms with Crippen LogP contribution in [-0.4, -0.2) is 201 Å². The number of phosphoric ester groups is 5. The molecule has 0 bridgehead atoms. The number of hydrogen-bond acceptors (Lipinski definition) is 15. The number of benzene rings is 5. The highest BCUT2D eigenvalue weighted by Gasteiger charge is 2.25. The van der Waals surface area contributed by atoms with Gasteiger partial charge in [0.15, 0.2) is 0 Å². The van der Waals surface area contributed by atoms with Crippen LogP contribution in [0, 0.1) is 0 Å². The van der Waals surface area contributed by atoms with Crippen LogP contribution in [-0.2, 0) is 54.8 Å². The van der Waals surface area contributed by atoms with Gasteiger partial charge < -0.3 is 72.0 Å². The van der Waals surface area contributed by atoms with Gasteiger partial charge in [-0.1, -0.05) is 30.3 Å². The Balaban J connectivity index is 0.000000236. The lowest BCUT2D eigenvalue weighted by molar-refractivity contribution is 0.282. The van der Waals surface area contributed by atoms with Crippen LogP contribution < -0.4 is 22.6 Å². The highest BCUT2D eigenvalue weighted by Crippen LogP contribution is 2.46. The van der Waals surface area contributed by atoms with Crippen LogP contribution in [0.5, 0.6) is 28.7 Å². The summed E-state index contributed by atoms with van der Waals surface area (Å²) < 4.78 is 288. The minimum Gasteiger partial charge on any atom is -0.404 e. The van der Waals surface area contributed by atoms with E-state index in [1.807, 2.05) is 0 Å². The summed E-state index contributed by atoms with van der Waals surface area (Å²) in [5, 5.41) is 0.567. The number of rotatable bonds is 25. The van der Waals surface area contributed by atoms with E-state index in [0.717, 1.165) is 28.2 Å². The first-order valence-corrected chi connectivity index (χ1v) is 34.2. The molecule has 0 radical (unpaired) electrons. The molecule has 0 amide bonds. The molecule has 10 aromatic rings. The maximum atomic E-state index is 11.1. The van der Waals surface area contributed by atoms with Crippen molar-refractivity contribution in [3.63, 3.8) is 0 Å². The third kappa shape index (κ3) is 25.4. The van der Waals surface area contributed by atoms with Gasteiger partial charge in [-0.05, 0) is 191 Å². The standard InChI is InChI=1S/5C12H17N2O4P/c5*1-14(2)7-6-9-8-13-10-4-3-5-11(12(9)10)18-19(15,16)17/h5*3-5,8,13H,6-7H2,1-2H3,(H2,15,16,17)/i2*1D3,6D2,7D;2*1D3,6D,7D2;6D,7D2. The van der Waals surface area contributed by atoms with Crippen molar-refractivity contribution in [2.24, 2.45) is 0 Å². The number of likely N-dealkylation sites (N-methyl/N-ethyl adjacent to an activating group) is 5. The Morgan fingerprint density at radius 3 is 0.758 bits per heavy atom. The van der Waals surface area contributed by atoms with Crippen molar-refractivity contribution in [3.8, 4) is 28.7 Å². The first-order chi connectivity index (χ1) is 55.0. The van der Waals surface area contributed by atoms with Crippen LogP contribution in [0.1, 0.15) is 64.8 Å². The van der Waals surface area contributed by atoms with Crippen molar-refractivity contribution in [2.45, 2.75) is 31.9 Å². The van der Waals surface area contributed by atoms with Crippen molar-refractivity contribution in [1.29, 1.82) is 0 Å². The first kappa shape index (κ1) is 46.5. The average molecular weight is 1450 g/mol. The van der Waals surface area contributed by atoms with E-state index in [-0.39, 0.29) is 83.5 Å². The molecule has 0 aliphatic rings. The number of hydrogen-bond donors (Lipinski definition) is 15. The van der Waals surface area contributed by atoms with Crippen LogP contribution in [0.3, 0.4) is 0 Å². The Labute approximate surface area is 586 Å². The second kappa shape index (κ2) is 34.0. The molecule has 0 spiro atoms. The summed E-state index contributed by atoms with van der Waals surface area (Å²) in [5.41, 5.74) is 1.91. The monoisotopic (exact) mass is 1450 g/mol. The fourth-order valence-electron chi connectivity index (χ4n) is 8.29. The van der Waals surface area contributed by atoms with Crippen molar-refractivity contribution < 1.29 is 131 Å². The summed E-state index contributed by atoms with van der Waals surface area (Å²) in [4.78, 5) is 107. The minimum absolute atomic E-state index is 0.0140. The van der Waals surface area contributed by atoms with Gasteiger partial charge >= 0.3 is 39.1 Å². The fraction of sp³-hybridized carbons (Fsp3) is 0.333. The van der Waals surface area contributed by atoms with Crippen LogP contribution in [0.2, 0.25) is 0 Å². The molecule has 30 nitrogen and oxygen atoms in total. The van der Waals surface area contributed by atoms with Crippen LogP contribution in [0.15, 0.2) is 122 Å². The van der Waals surface area contributed by atoms with Gasteiger partial charge in [-0.2, -0.15) is 0 Å². The van der Waals surface area contributed by atoms with Crippen molar-refractivity contribution in [1.82, 2.24) is 49.4 Å². The van der Waals surface area contributed by atoms with E-state index < -0.39 is 131 Å². The number of nitrogens with zero attached hydrogens (tertiary/aromatic N) is 5. The number of H-pyrrole nitrogens is 5. The van der Waals surface area contributed by atoms with Crippen molar-refractivity contribution >= 4 is 93.6 Å². The molecule has 15 N–H and O–H groups in total. The van der Waals surface area contributed by atoms with E-state index in [1.165, 1.54) is 117 Å². The molecule has 0 fully saturated rings. The van der Waals surface area contributed by atoms with Gasteiger partial charge in [-0.15, -0.1) is 0 Å². The number of nitrogens with one attached hydrogen (secondary N) is 5. The van der Waals surface area contributed by atoms with E-state index in [9.17, 15) is 22.8 Å². The molecule has 35 heteroatoms. The zero-order valence-electron chi connectivity index (χ0n) is 77.5.